The van der Waals surface area contributed by atoms with Crippen LogP contribution in [0.4, 0.5) is 10.5 Å². The molecule has 0 spiro atoms. The summed E-state index contributed by atoms with van der Waals surface area (Å²) >= 11 is 0. The van der Waals surface area contributed by atoms with Crippen molar-refractivity contribution in [1.29, 1.82) is 0 Å². The van der Waals surface area contributed by atoms with Crippen molar-refractivity contribution in [3.8, 4) is 0 Å². The maximum atomic E-state index is 13.1. The van der Waals surface area contributed by atoms with E-state index in [-0.39, 0.29) is 12.5 Å². The summed E-state index contributed by atoms with van der Waals surface area (Å²) in [6.07, 6.45) is 0. The molecule has 0 bridgehead atoms. The van der Waals surface area contributed by atoms with E-state index in [1.807, 2.05) is 43.3 Å². The second-order valence-electron chi connectivity index (χ2n) is 8.89. The highest BCUT2D eigenvalue weighted by Gasteiger charge is 2.49. The summed E-state index contributed by atoms with van der Waals surface area (Å²) in [4.78, 5) is 52.7. The van der Waals surface area contributed by atoms with Crippen molar-refractivity contribution in [2.24, 2.45) is 0 Å². The lowest BCUT2D eigenvalue weighted by Gasteiger charge is -2.23. The van der Waals surface area contributed by atoms with Gasteiger partial charge in [-0.3, -0.25) is 19.3 Å². The highest BCUT2D eigenvalue weighted by atomic mass is 16.2. The Morgan fingerprint density at radius 1 is 1.06 bits per heavy atom. The molecular formula is C25H30N4O4. The predicted molar refractivity (Wildman–Crippen MR) is 126 cm³/mol. The Balaban J connectivity index is 1.62. The van der Waals surface area contributed by atoms with E-state index in [9.17, 15) is 19.2 Å². The Bertz CT molecular complexity index is 1060. The number of carbonyl (C=O) groups is 4. The molecule has 0 radical (unpaired) electrons. The third kappa shape index (κ3) is 5.22. The molecule has 2 aromatic carbocycles. The number of likely N-dealkylation sites (N-methyl/N-ethyl adjacent to an activating group) is 1. The molecule has 8 heteroatoms. The van der Waals surface area contributed by atoms with Crippen LogP contribution >= 0.6 is 0 Å². The van der Waals surface area contributed by atoms with Crippen molar-refractivity contribution in [1.82, 2.24) is 15.1 Å². The number of nitrogens with zero attached hydrogens (tertiary/aromatic N) is 2. The van der Waals surface area contributed by atoms with Gasteiger partial charge < -0.3 is 15.5 Å². The molecule has 1 unspecified atom stereocenters. The van der Waals surface area contributed by atoms with Crippen LogP contribution in [0.5, 0.6) is 0 Å². The molecule has 2 aromatic rings. The Hall–Kier alpha value is -3.68. The lowest BCUT2D eigenvalue weighted by atomic mass is 9.90. The molecule has 1 fully saturated rings. The molecule has 0 aromatic heterocycles. The van der Waals surface area contributed by atoms with Gasteiger partial charge in [0.25, 0.3) is 5.91 Å². The van der Waals surface area contributed by atoms with E-state index in [0.29, 0.717) is 17.2 Å². The van der Waals surface area contributed by atoms with Gasteiger partial charge in [-0.15, -0.1) is 0 Å². The molecule has 3 rings (SSSR count). The van der Waals surface area contributed by atoms with E-state index in [1.165, 1.54) is 11.9 Å². The normalized spacial score (nSPS) is 17.8. The van der Waals surface area contributed by atoms with Gasteiger partial charge in [-0.05, 0) is 43.0 Å². The molecule has 5 amide bonds. The van der Waals surface area contributed by atoms with Gasteiger partial charge in [0.15, 0.2) is 0 Å². The number of carbonyl (C=O) groups excluding carboxylic acids is 4. The van der Waals surface area contributed by atoms with E-state index < -0.39 is 29.9 Å². The molecule has 0 aliphatic carbocycles. The van der Waals surface area contributed by atoms with E-state index in [1.54, 1.807) is 19.1 Å². The zero-order chi connectivity index (χ0) is 24.3. The minimum absolute atomic E-state index is 0.204. The van der Waals surface area contributed by atoms with Crippen LogP contribution in [-0.2, 0) is 19.9 Å². The van der Waals surface area contributed by atoms with Crippen LogP contribution in [0.25, 0.3) is 0 Å². The fourth-order valence-corrected chi connectivity index (χ4v) is 3.63. The Morgan fingerprint density at radius 2 is 1.67 bits per heavy atom. The third-order valence-electron chi connectivity index (χ3n) is 5.86. The van der Waals surface area contributed by atoms with Crippen molar-refractivity contribution in [3.05, 3.63) is 65.2 Å². The minimum Gasteiger partial charge on any atom is -0.335 e. The summed E-state index contributed by atoms with van der Waals surface area (Å²) in [6.45, 7) is 7.07. The SMILES string of the molecule is Cc1ccc(NC(=O)CN(C)C(=O)CN2C(=O)NC(C)(c3ccc(C(C)C)cc3)C2=O)cc1. The first kappa shape index (κ1) is 24.0. The van der Waals surface area contributed by atoms with Gasteiger partial charge in [0, 0.05) is 12.7 Å². The van der Waals surface area contributed by atoms with Gasteiger partial charge in [-0.2, -0.15) is 0 Å². The highest BCUT2D eigenvalue weighted by Crippen LogP contribution is 2.30. The third-order valence-corrected chi connectivity index (χ3v) is 5.86. The molecule has 8 nitrogen and oxygen atoms in total. The lowest BCUT2D eigenvalue weighted by Crippen LogP contribution is -2.45. The van der Waals surface area contributed by atoms with E-state index in [4.69, 9.17) is 0 Å². The average Bonchev–Trinajstić information content (AvgIpc) is 2.99. The van der Waals surface area contributed by atoms with E-state index in [2.05, 4.69) is 24.5 Å². The second-order valence-corrected chi connectivity index (χ2v) is 8.89. The number of hydrogen-bond donors (Lipinski definition) is 2. The van der Waals surface area contributed by atoms with Crippen LogP contribution in [0.2, 0.25) is 0 Å². The maximum Gasteiger partial charge on any atom is 0.325 e. The molecule has 33 heavy (non-hydrogen) atoms. The van der Waals surface area contributed by atoms with Crippen molar-refractivity contribution >= 4 is 29.4 Å². The fraction of sp³-hybridized carbons (Fsp3) is 0.360. The number of urea groups is 1. The molecule has 2 N–H and O–H groups in total. The van der Waals surface area contributed by atoms with Crippen molar-refractivity contribution in [2.75, 3.05) is 25.5 Å². The minimum atomic E-state index is -1.26. The summed E-state index contributed by atoms with van der Waals surface area (Å²) in [5, 5.41) is 5.43. The first-order valence-corrected chi connectivity index (χ1v) is 10.9. The van der Waals surface area contributed by atoms with Crippen molar-refractivity contribution < 1.29 is 19.2 Å². The van der Waals surface area contributed by atoms with Crippen LogP contribution in [0.3, 0.4) is 0 Å². The number of anilines is 1. The van der Waals surface area contributed by atoms with Gasteiger partial charge >= 0.3 is 6.03 Å². The molecule has 1 saturated heterocycles. The number of rotatable bonds is 7. The van der Waals surface area contributed by atoms with E-state index >= 15 is 0 Å². The molecule has 1 heterocycles. The van der Waals surface area contributed by atoms with Crippen molar-refractivity contribution in [3.63, 3.8) is 0 Å². The number of aryl methyl sites for hydroxylation is 1. The Kier molecular flexibility index (Phi) is 6.86. The van der Waals surface area contributed by atoms with Crippen LogP contribution in [0.1, 0.15) is 43.4 Å². The maximum absolute atomic E-state index is 13.1. The number of imide groups is 1. The van der Waals surface area contributed by atoms with Crippen LogP contribution < -0.4 is 10.6 Å². The predicted octanol–water partition coefficient (Wildman–Crippen LogP) is 2.98. The Labute approximate surface area is 193 Å². The largest absolute Gasteiger partial charge is 0.335 e. The molecule has 0 saturated carbocycles. The Morgan fingerprint density at radius 3 is 2.24 bits per heavy atom. The molecule has 1 aliphatic heterocycles. The number of amides is 5. The number of benzene rings is 2. The van der Waals surface area contributed by atoms with Crippen molar-refractivity contribution in [2.45, 2.75) is 39.2 Å². The van der Waals surface area contributed by atoms with Crippen LogP contribution in [-0.4, -0.2) is 53.7 Å². The monoisotopic (exact) mass is 450 g/mol. The molecular weight excluding hydrogens is 420 g/mol. The summed E-state index contributed by atoms with van der Waals surface area (Å²) < 4.78 is 0. The quantitative estimate of drug-likeness (QED) is 0.634. The number of hydrogen-bond acceptors (Lipinski definition) is 4. The first-order valence-electron chi connectivity index (χ1n) is 10.9. The topological polar surface area (TPSA) is 98.8 Å². The molecule has 1 aliphatic rings. The standard InChI is InChI=1S/C25H30N4O4/c1-16(2)18-8-10-19(11-9-18)25(4)23(32)29(24(33)27-25)15-22(31)28(5)14-21(30)26-20-12-6-17(3)7-13-20/h6-13,16H,14-15H2,1-5H3,(H,26,30)(H,27,33). The van der Waals surface area contributed by atoms with Gasteiger partial charge in [0.1, 0.15) is 12.1 Å². The first-order chi connectivity index (χ1) is 15.5. The zero-order valence-electron chi connectivity index (χ0n) is 19.6. The zero-order valence-corrected chi connectivity index (χ0v) is 19.6. The van der Waals surface area contributed by atoms with Gasteiger partial charge in [0.2, 0.25) is 11.8 Å². The smallest absolute Gasteiger partial charge is 0.325 e. The van der Waals surface area contributed by atoms with Gasteiger partial charge in [-0.25, -0.2) is 4.79 Å². The van der Waals surface area contributed by atoms with Gasteiger partial charge in [-0.1, -0.05) is 55.8 Å². The average molecular weight is 451 g/mol. The number of nitrogens with one attached hydrogen (secondary N) is 2. The summed E-state index contributed by atoms with van der Waals surface area (Å²) in [5.74, 6) is -1.05. The van der Waals surface area contributed by atoms with E-state index in [0.717, 1.165) is 16.0 Å². The van der Waals surface area contributed by atoms with Crippen LogP contribution in [0.15, 0.2) is 48.5 Å². The lowest BCUT2D eigenvalue weighted by molar-refractivity contribution is -0.139. The highest BCUT2D eigenvalue weighted by molar-refractivity contribution is 6.09. The van der Waals surface area contributed by atoms with Gasteiger partial charge in [0.05, 0.1) is 6.54 Å². The summed E-state index contributed by atoms with van der Waals surface area (Å²) in [7, 11) is 1.46. The van der Waals surface area contributed by atoms with Crippen LogP contribution in [0, 0.1) is 6.92 Å². The molecule has 1 atom stereocenters. The summed E-state index contributed by atoms with van der Waals surface area (Å²) in [6, 6.07) is 14.2. The summed E-state index contributed by atoms with van der Waals surface area (Å²) in [5.41, 5.74) is 2.20. The molecule has 174 valence electrons. The second kappa shape index (κ2) is 9.44. The fourth-order valence-electron chi connectivity index (χ4n) is 3.63.